The monoisotopic (exact) mass is 319 g/mol. The van der Waals surface area contributed by atoms with Crippen molar-refractivity contribution >= 4 is 32.9 Å². The second kappa shape index (κ2) is 6.43. The molecule has 0 aromatic carbocycles. The third-order valence-corrected chi connectivity index (χ3v) is 6.13. The predicted octanol–water partition coefficient (Wildman–Crippen LogP) is 2.27. The predicted molar refractivity (Wildman–Crippen MR) is 80.4 cm³/mol. The van der Waals surface area contributed by atoms with E-state index in [0.29, 0.717) is 5.25 Å². The van der Waals surface area contributed by atoms with E-state index in [1.807, 2.05) is 11.8 Å². The van der Waals surface area contributed by atoms with Crippen LogP contribution in [-0.2, 0) is 0 Å². The molecule has 0 aliphatic carbocycles. The second-order valence-corrected chi connectivity index (χ2v) is 6.71. The van der Waals surface area contributed by atoms with E-state index in [4.69, 9.17) is 0 Å². The number of rotatable bonds is 3. The molecule has 0 spiro atoms. The van der Waals surface area contributed by atoms with Crippen LogP contribution in [0.15, 0.2) is 4.99 Å². The molecule has 1 fully saturated rings. The first kappa shape index (κ1) is 13.7. The highest BCUT2D eigenvalue weighted by Gasteiger charge is 2.27. The highest BCUT2D eigenvalue weighted by Crippen LogP contribution is 2.25. The Hall–Kier alpha value is 0.260. The maximum Gasteiger partial charge on any atom is 0.159 e. The molecule has 0 aromatic heterocycles. The summed E-state index contributed by atoms with van der Waals surface area (Å²) in [6.45, 7) is 10.3. The van der Waals surface area contributed by atoms with Gasteiger partial charge in [-0.2, -0.15) is 0 Å². The molecule has 1 saturated heterocycles. The molecule has 0 saturated carbocycles. The number of piperazine rings is 1. The van der Waals surface area contributed by atoms with Crippen LogP contribution in [0.1, 0.15) is 20.3 Å². The number of hydrogen-bond acceptors (Lipinski definition) is 4. The maximum absolute atomic E-state index is 4.66. The lowest BCUT2D eigenvalue weighted by molar-refractivity contribution is 0.139. The number of amidine groups is 1. The van der Waals surface area contributed by atoms with Crippen molar-refractivity contribution in [2.75, 3.05) is 38.1 Å². The van der Waals surface area contributed by atoms with Crippen LogP contribution in [0.4, 0.5) is 0 Å². The van der Waals surface area contributed by atoms with Gasteiger partial charge in [-0.05, 0) is 13.3 Å². The molecule has 5 heteroatoms. The Balaban J connectivity index is 1.80. The van der Waals surface area contributed by atoms with Crippen LogP contribution in [0.3, 0.4) is 0 Å². The molecular weight excluding hydrogens is 298 g/mol. The van der Waals surface area contributed by atoms with Gasteiger partial charge < -0.3 is 4.90 Å². The smallest absolute Gasteiger partial charge is 0.159 e. The van der Waals surface area contributed by atoms with Crippen molar-refractivity contribution in [2.24, 2.45) is 4.99 Å². The maximum atomic E-state index is 4.66. The van der Waals surface area contributed by atoms with Crippen LogP contribution in [0.5, 0.6) is 0 Å². The summed E-state index contributed by atoms with van der Waals surface area (Å²) in [5.74, 6) is 0. The number of thioether (sulfide) groups is 1. The van der Waals surface area contributed by atoms with E-state index in [-0.39, 0.29) is 0 Å². The molecule has 2 unspecified atom stereocenters. The summed E-state index contributed by atoms with van der Waals surface area (Å²) in [7, 11) is 0. The SMILES string of the molecule is CCC(C)N1CCN(C2=NCC(CBr)S2)CC1. The van der Waals surface area contributed by atoms with Gasteiger partial charge in [0.25, 0.3) is 0 Å². The minimum absolute atomic E-state index is 0.651. The van der Waals surface area contributed by atoms with Crippen molar-refractivity contribution in [3.05, 3.63) is 0 Å². The fraction of sp³-hybridized carbons (Fsp3) is 0.917. The Morgan fingerprint density at radius 2 is 2.12 bits per heavy atom. The van der Waals surface area contributed by atoms with Crippen LogP contribution in [-0.4, -0.2) is 64.3 Å². The summed E-state index contributed by atoms with van der Waals surface area (Å²) in [5.41, 5.74) is 0. The Labute approximate surface area is 117 Å². The molecule has 0 N–H and O–H groups in total. The topological polar surface area (TPSA) is 18.8 Å². The Kier molecular flexibility index (Phi) is 5.18. The van der Waals surface area contributed by atoms with Gasteiger partial charge >= 0.3 is 0 Å². The summed E-state index contributed by atoms with van der Waals surface area (Å²) in [6, 6.07) is 0.727. The normalized spacial score (nSPS) is 28.3. The molecule has 2 rings (SSSR count). The van der Waals surface area contributed by atoms with Gasteiger partial charge in [0.05, 0.1) is 6.54 Å². The van der Waals surface area contributed by atoms with Crippen LogP contribution in [0, 0.1) is 0 Å². The lowest BCUT2D eigenvalue weighted by Crippen LogP contribution is -2.50. The summed E-state index contributed by atoms with van der Waals surface area (Å²) in [5, 5.41) is 2.98. The van der Waals surface area contributed by atoms with Crippen LogP contribution >= 0.6 is 27.7 Å². The van der Waals surface area contributed by atoms with Crippen molar-refractivity contribution in [1.82, 2.24) is 9.80 Å². The van der Waals surface area contributed by atoms with Gasteiger partial charge in [-0.15, -0.1) is 0 Å². The number of nitrogens with zero attached hydrogens (tertiary/aromatic N) is 3. The van der Waals surface area contributed by atoms with Crippen LogP contribution in [0.2, 0.25) is 0 Å². The molecule has 98 valence electrons. The molecule has 2 aliphatic rings. The molecule has 0 bridgehead atoms. The van der Waals surface area contributed by atoms with Crippen LogP contribution in [0.25, 0.3) is 0 Å². The zero-order valence-corrected chi connectivity index (χ0v) is 13.1. The fourth-order valence-corrected chi connectivity index (χ4v) is 3.86. The zero-order chi connectivity index (χ0) is 12.3. The molecule has 2 heterocycles. The molecule has 3 nitrogen and oxygen atoms in total. The third-order valence-electron chi connectivity index (χ3n) is 3.67. The summed E-state index contributed by atoms with van der Waals surface area (Å²) < 4.78 is 0. The number of halogens is 1. The van der Waals surface area contributed by atoms with Crippen molar-refractivity contribution in [2.45, 2.75) is 31.6 Å². The average Bonchev–Trinajstić information content (AvgIpc) is 2.87. The van der Waals surface area contributed by atoms with E-state index in [1.165, 1.54) is 24.7 Å². The average molecular weight is 320 g/mol. The first-order valence-electron chi connectivity index (χ1n) is 6.50. The Morgan fingerprint density at radius 1 is 1.41 bits per heavy atom. The van der Waals surface area contributed by atoms with E-state index in [1.54, 1.807) is 0 Å². The quantitative estimate of drug-likeness (QED) is 0.744. The molecular formula is C12H22BrN3S. The molecule has 0 radical (unpaired) electrons. The van der Waals surface area contributed by atoms with Crippen LogP contribution < -0.4 is 0 Å². The fourth-order valence-electron chi connectivity index (χ4n) is 2.27. The minimum atomic E-state index is 0.651. The Morgan fingerprint density at radius 3 is 2.65 bits per heavy atom. The lowest BCUT2D eigenvalue weighted by Gasteiger charge is -2.38. The second-order valence-electron chi connectivity index (χ2n) is 4.80. The highest BCUT2D eigenvalue weighted by molar-refractivity contribution is 9.09. The number of aliphatic imine (C=N–C) groups is 1. The van der Waals surface area contributed by atoms with Gasteiger partial charge in [0.15, 0.2) is 5.17 Å². The minimum Gasteiger partial charge on any atom is -0.349 e. The summed E-state index contributed by atoms with van der Waals surface area (Å²) >= 11 is 5.49. The van der Waals surface area contributed by atoms with E-state index in [2.05, 4.69) is 44.6 Å². The van der Waals surface area contributed by atoms with Gasteiger partial charge in [0.2, 0.25) is 0 Å². The van der Waals surface area contributed by atoms with E-state index in [0.717, 1.165) is 31.0 Å². The zero-order valence-electron chi connectivity index (χ0n) is 10.7. The standard InChI is InChI=1S/C12H22BrN3S/c1-3-10(2)15-4-6-16(7-5-15)12-14-9-11(8-13)17-12/h10-11H,3-9H2,1-2H3. The summed E-state index contributed by atoms with van der Waals surface area (Å²) in [4.78, 5) is 9.72. The summed E-state index contributed by atoms with van der Waals surface area (Å²) in [6.07, 6.45) is 1.25. The molecule has 17 heavy (non-hydrogen) atoms. The van der Waals surface area contributed by atoms with Gasteiger partial charge in [-0.1, -0.05) is 34.6 Å². The molecule has 0 aromatic rings. The van der Waals surface area contributed by atoms with Crippen molar-refractivity contribution in [3.8, 4) is 0 Å². The largest absolute Gasteiger partial charge is 0.349 e. The van der Waals surface area contributed by atoms with Gasteiger partial charge in [0, 0.05) is 42.8 Å². The van der Waals surface area contributed by atoms with Crippen molar-refractivity contribution in [1.29, 1.82) is 0 Å². The van der Waals surface area contributed by atoms with Gasteiger partial charge in [-0.3, -0.25) is 9.89 Å². The van der Waals surface area contributed by atoms with Gasteiger partial charge in [0.1, 0.15) is 0 Å². The van der Waals surface area contributed by atoms with E-state index in [9.17, 15) is 0 Å². The molecule has 2 atom stereocenters. The van der Waals surface area contributed by atoms with E-state index < -0.39 is 0 Å². The number of hydrogen-bond donors (Lipinski definition) is 0. The van der Waals surface area contributed by atoms with Gasteiger partial charge in [-0.25, -0.2) is 0 Å². The molecule has 2 aliphatic heterocycles. The van der Waals surface area contributed by atoms with Crippen molar-refractivity contribution in [3.63, 3.8) is 0 Å². The molecule has 0 amide bonds. The van der Waals surface area contributed by atoms with Crippen molar-refractivity contribution < 1.29 is 0 Å². The number of alkyl halides is 1. The van der Waals surface area contributed by atoms with E-state index >= 15 is 0 Å². The highest BCUT2D eigenvalue weighted by atomic mass is 79.9. The Bertz CT molecular complexity index is 277. The first-order valence-corrected chi connectivity index (χ1v) is 8.50. The third kappa shape index (κ3) is 3.38. The lowest BCUT2D eigenvalue weighted by atomic mass is 10.2. The first-order chi connectivity index (χ1) is 8.24.